The quantitative estimate of drug-likeness (QED) is 0.852. The highest BCUT2D eigenvalue weighted by molar-refractivity contribution is 5.85. The van der Waals surface area contributed by atoms with Gasteiger partial charge in [-0.3, -0.25) is 5.10 Å². The molecule has 2 aliphatic rings. The molecule has 0 radical (unpaired) electrons. The molecule has 7 nitrogen and oxygen atoms in total. The minimum Gasteiger partial charge on any atom is -0.454 e. The number of hydrogen-bond acceptors (Lipinski definition) is 6. The van der Waals surface area contributed by atoms with Crippen LogP contribution >= 0.6 is 12.4 Å². The molecule has 2 N–H and O–H groups in total. The smallest absolute Gasteiger partial charge is 0.231 e. The Labute approximate surface area is 146 Å². The van der Waals surface area contributed by atoms with E-state index in [1.165, 1.54) is 0 Å². The second-order valence-electron chi connectivity index (χ2n) is 5.54. The maximum atomic E-state index is 5.62. The van der Waals surface area contributed by atoms with E-state index in [1.54, 1.807) is 0 Å². The fourth-order valence-electron chi connectivity index (χ4n) is 2.77. The first-order valence-corrected chi connectivity index (χ1v) is 7.72. The molecule has 1 saturated heterocycles. The summed E-state index contributed by atoms with van der Waals surface area (Å²) >= 11 is 0. The first kappa shape index (κ1) is 17.0. The van der Waals surface area contributed by atoms with E-state index >= 15 is 0 Å². The summed E-state index contributed by atoms with van der Waals surface area (Å²) in [6, 6.07) is 5.89. The lowest BCUT2D eigenvalue weighted by Crippen LogP contribution is -2.37. The van der Waals surface area contributed by atoms with E-state index in [4.69, 9.17) is 18.9 Å². The molecule has 24 heavy (non-hydrogen) atoms. The van der Waals surface area contributed by atoms with Gasteiger partial charge in [-0.15, -0.1) is 12.4 Å². The lowest BCUT2D eigenvalue weighted by atomic mass is 10.1. The van der Waals surface area contributed by atoms with Crippen molar-refractivity contribution in [2.24, 2.45) is 0 Å². The van der Waals surface area contributed by atoms with Crippen LogP contribution in [0.4, 0.5) is 0 Å². The van der Waals surface area contributed by atoms with Crippen LogP contribution in [0.25, 0.3) is 11.3 Å². The van der Waals surface area contributed by atoms with Gasteiger partial charge >= 0.3 is 0 Å². The van der Waals surface area contributed by atoms with Crippen LogP contribution in [0.5, 0.6) is 11.5 Å². The average molecular weight is 354 g/mol. The van der Waals surface area contributed by atoms with Crippen LogP contribution < -0.4 is 14.8 Å². The van der Waals surface area contributed by atoms with Gasteiger partial charge in [0, 0.05) is 24.2 Å². The molecule has 1 fully saturated rings. The zero-order valence-electron chi connectivity index (χ0n) is 13.1. The largest absolute Gasteiger partial charge is 0.454 e. The summed E-state index contributed by atoms with van der Waals surface area (Å²) in [5, 5.41) is 10.6. The molecule has 1 atom stereocenters. The number of benzene rings is 1. The first-order chi connectivity index (χ1) is 11.4. The van der Waals surface area contributed by atoms with Gasteiger partial charge in [-0.2, -0.15) is 5.10 Å². The van der Waals surface area contributed by atoms with Crippen molar-refractivity contribution < 1.29 is 18.9 Å². The second kappa shape index (κ2) is 7.85. The first-order valence-electron chi connectivity index (χ1n) is 7.72. The monoisotopic (exact) mass is 353 g/mol. The molecule has 0 aliphatic carbocycles. The Morgan fingerprint density at radius 2 is 2.12 bits per heavy atom. The summed E-state index contributed by atoms with van der Waals surface area (Å²) in [6.07, 6.45) is 1.95. The maximum absolute atomic E-state index is 5.62. The van der Waals surface area contributed by atoms with Crippen molar-refractivity contribution in [1.29, 1.82) is 0 Å². The number of aromatic amines is 1. The number of ether oxygens (including phenoxy) is 4. The normalized spacial score (nSPS) is 19.1. The second-order valence-corrected chi connectivity index (χ2v) is 5.54. The number of hydrogen-bond donors (Lipinski definition) is 2. The Kier molecular flexibility index (Phi) is 5.57. The van der Waals surface area contributed by atoms with E-state index in [9.17, 15) is 0 Å². The summed E-state index contributed by atoms with van der Waals surface area (Å²) in [7, 11) is 0. The summed E-state index contributed by atoms with van der Waals surface area (Å²) in [5.74, 6) is 1.55. The molecule has 1 aromatic carbocycles. The highest BCUT2D eigenvalue weighted by Crippen LogP contribution is 2.36. The van der Waals surface area contributed by atoms with E-state index in [1.807, 2.05) is 24.4 Å². The third kappa shape index (κ3) is 3.64. The summed E-state index contributed by atoms with van der Waals surface area (Å²) in [5.41, 5.74) is 3.11. The van der Waals surface area contributed by atoms with E-state index in [0.717, 1.165) is 34.9 Å². The van der Waals surface area contributed by atoms with Crippen LogP contribution in [0.3, 0.4) is 0 Å². The highest BCUT2D eigenvalue weighted by atomic mass is 35.5. The molecule has 1 unspecified atom stereocenters. The molecule has 2 aromatic rings. The van der Waals surface area contributed by atoms with Gasteiger partial charge < -0.3 is 24.3 Å². The van der Waals surface area contributed by atoms with Crippen molar-refractivity contribution in [3.05, 3.63) is 30.0 Å². The molecule has 0 bridgehead atoms. The standard InChI is InChI=1S/C16H19N3O4.ClH/c1-2-14-15(23-10-22-14)5-11(1)16-12(7-18-19-16)6-17-8-13-9-20-3-4-21-13;/h1-2,5,7,13,17H,3-4,6,8-10H2,(H,18,19);1H. The van der Waals surface area contributed by atoms with Crippen LogP contribution in [-0.2, 0) is 16.0 Å². The number of aromatic nitrogens is 2. The lowest BCUT2D eigenvalue weighted by Gasteiger charge is -2.23. The van der Waals surface area contributed by atoms with Crippen molar-refractivity contribution in [3.8, 4) is 22.8 Å². The van der Waals surface area contributed by atoms with Crippen LogP contribution in [0.15, 0.2) is 24.4 Å². The number of nitrogens with zero attached hydrogens (tertiary/aromatic N) is 1. The van der Waals surface area contributed by atoms with Gasteiger partial charge in [0.25, 0.3) is 0 Å². The minimum absolute atomic E-state index is 0. The SMILES string of the molecule is Cl.c1cc2c(cc1-c1[nH]ncc1CNCC1COCCO1)OCO2. The molecule has 130 valence electrons. The van der Waals surface area contributed by atoms with Crippen LogP contribution in [0, 0.1) is 0 Å². The van der Waals surface area contributed by atoms with Gasteiger partial charge in [0.1, 0.15) is 0 Å². The Morgan fingerprint density at radius 1 is 1.21 bits per heavy atom. The highest BCUT2D eigenvalue weighted by Gasteiger charge is 2.17. The molecule has 8 heteroatoms. The van der Waals surface area contributed by atoms with Crippen LogP contribution in [0.2, 0.25) is 0 Å². The average Bonchev–Trinajstić information content (AvgIpc) is 3.24. The van der Waals surface area contributed by atoms with Crippen LogP contribution in [-0.4, -0.2) is 49.5 Å². The van der Waals surface area contributed by atoms with Crippen molar-refractivity contribution in [1.82, 2.24) is 15.5 Å². The van der Waals surface area contributed by atoms with Crippen molar-refractivity contribution >= 4 is 12.4 Å². The Balaban J connectivity index is 0.00000169. The minimum atomic E-state index is 0. The molecule has 4 rings (SSSR count). The fourth-order valence-corrected chi connectivity index (χ4v) is 2.77. The van der Waals surface area contributed by atoms with Gasteiger partial charge in [0.2, 0.25) is 6.79 Å². The topological polar surface area (TPSA) is 77.6 Å². The lowest BCUT2D eigenvalue weighted by molar-refractivity contribution is -0.0864. The van der Waals surface area contributed by atoms with E-state index < -0.39 is 0 Å². The van der Waals surface area contributed by atoms with Gasteiger partial charge in [0.05, 0.1) is 37.8 Å². The molecule has 0 amide bonds. The Bertz CT molecular complexity index is 673. The Hall–Kier alpha value is -1.80. The summed E-state index contributed by atoms with van der Waals surface area (Å²) in [6.45, 7) is 3.74. The third-order valence-electron chi connectivity index (χ3n) is 3.95. The molecule has 0 saturated carbocycles. The van der Waals surface area contributed by atoms with Crippen molar-refractivity contribution in [2.75, 3.05) is 33.2 Å². The predicted octanol–water partition coefficient (Wildman–Crippen LogP) is 1.73. The molecular formula is C16H20ClN3O4. The van der Waals surface area contributed by atoms with Gasteiger partial charge in [0.15, 0.2) is 11.5 Å². The molecule has 3 heterocycles. The summed E-state index contributed by atoms with van der Waals surface area (Å²) < 4.78 is 21.8. The van der Waals surface area contributed by atoms with E-state index in [0.29, 0.717) is 26.4 Å². The zero-order chi connectivity index (χ0) is 15.5. The number of nitrogens with one attached hydrogen (secondary N) is 2. The number of H-pyrrole nitrogens is 1. The van der Waals surface area contributed by atoms with Crippen LogP contribution in [0.1, 0.15) is 5.56 Å². The number of fused-ring (bicyclic) bond motifs is 1. The summed E-state index contributed by atoms with van der Waals surface area (Å²) in [4.78, 5) is 0. The maximum Gasteiger partial charge on any atom is 0.231 e. The van der Waals surface area contributed by atoms with E-state index in [-0.39, 0.29) is 25.3 Å². The predicted molar refractivity (Wildman–Crippen MR) is 89.7 cm³/mol. The number of halogens is 1. The molecule has 0 spiro atoms. The Morgan fingerprint density at radius 3 is 3.00 bits per heavy atom. The zero-order valence-corrected chi connectivity index (χ0v) is 13.9. The third-order valence-corrected chi connectivity index (χ3v) is 3.95. The molecular weight excluding hydrogens is 334 g/mol. The van der Waals surface area contributed by atoms with Gasteiger partial charge in [-0.1, -0.05) is 0 Å². The van der Waals surface area contributed by atoms with Gasteiger partial charge in [-0.25, -0.2) is 0 Å². The number of rotatable bonds is 5. The van der Waals surface area contributed by atoms with Crippen molar-refractivity contribution in [3.63, 3.8) is 0 Å². The molecule has 2 aliphatic heterocycles. The molecule has 1 aromatic heterocycles. The fraction of sp³-hybridized carbons (Fsp3) is 0.438. The van der Waals surface area contributed by atoms with Gasteiger partial charge in [-0.05, 0) is 18.2 Å². The van der Waals surface area contributed by atoms with Crippen molar-refractivity contribution in [2.45, 2.75) is 12.6 Å². The van der Waals surface area contributed by atoms with E-state index in [2.05, 4.69) is 15.5 Å².